The van der Waals surface area contributed by atoms with Crippen LogP contribution in [0.15, 0.2) is 40.8 Å². The molecule has 1 aliphatic rings. The van der Waals surface area contributed by atoms with E-state index in [0.29, 0.717) is 12.8 Å². The van der Waals surface area contributed by atoms with E-state index in [9.17, 15) is 13.2 Å². The average molecular weight is 453 g/mol. The summed E-state index contributed by atoms with van der Waals surface area (Å²) >= 11 is 19.4. The minimum atomic E-state index is -4.06. The summed E-state index contributed by atoms with van der Waals surface area (Å²) in [5, 5.41) is 0. The molecule has 1 aliphatic heterocycles. The summed E-state index contributed by atoms with van der Waals surface area (Å²) < 4.78 is 24.8. The van der Waals surface area contributed by atoms with Gasteiger partial charge in [-0.3, -0.25) is 4.79 Å². The first kappa shape index (κ1) is 22.5. The van der Waals surface area contributed by atoms with Crippen LogP contribution in [0.4, 0.5) is 0 Å². The van der Waals surface area contributed by atoms with Crippen molar-refractivity contribution in [2.45, 2.75) is 54.6 Å². The SMILES string of the molecule is CC(C)=CCC[C@](C)(Cl)[C@@H]1CN(S(=O)(=O)c2ccc(C)cc2)C(=O)C1(Cl)Cl. The molecule has 2 rings (SSSR count). The highest BCUT2D eigenvalue weighted by Gasteiger charge is 2.60. The van der Waals surface area contributed by atoms with E-state index in [0.717, 1.165) is 15.4 Å². The van der Waals surface area contributed by atoms with Crippen LogP contribution in [0.3, 0.4) is 0 Å². The maximum absolute atomic E-state index is 13.0. The summed E-state index contributed by atoms with van der Waals surface area (Å²) in [7, 11) is -4.06. The fourth-order valence-corrected chi connectivity index (χ4v) is 5.93. The Labute approximate surface area is 176 Å². The zero-order valence-electron chi connectivity index (χ0n) is 15.8. The Hall–Kier alpha value is -0.750. The van der Waals surface area contributed by atoms with Gasteiger partial charge in [-0.2, -0.15) is 0 Å². The number of allylic oxidation sites excluding steroid dienone is 2. The monoisotopic (exact) mass is 451 g/mol. The van der Waals surface area contributed by atoms with Crippen LogP contribution in [-0.4, -0.2) is 34.4 Å². The number of alkyl halides is 3. The third-order valence-electron chi connectivity index (χ3n) is 4.82. The van der Waals surface area contributed by atoms with Gasteiger partial charge >= 0.3 is 0 Å². The summed E-state index contributed by atoms with van der Waals surface area (Å²) in [5.74, 6) is -1.60. The van der Waals surface area contributed by atoms with Gasteiger partial charge in [0.15, 0.2) is 0 Å². The number of amides is 1. The van der Waals surface area contributed by atoms with Crippen LogP contribution < -0.4 is 0 Å². The molecule has 2 atom stereocenters. The summed E-state index contributed by atoms with van der Waals surface area (Å²) in [4.78, 5) is 11.8. The highest BCUT2D eigenvalue weighted by Crippen LogP contribution is 2.49. The number of carbonyl (C=O) groups excluding carboxylic acids is 1. The number of carbonyl (C=O) groups is 1. The van der Waals surface area contributed by atoms with Crippen molar-refractivity contribution in [3.63, 3.8) is 0 Å². The van der Waals surface area contributed by atoms with Crippen molar-refractivity contribution >= 4 is 50.7 Å². The van der Waals surface area contributed by atoms with Gasteiger partial charge in [-0.15, -0.1) is 11.6 Å². The van der Waals surface area contributed by atoms with Gasteiger partial charge in [-0.05, 0) is 52.7 Å². The number of nitrogens with zero attached hydrogens (tertiary/aromatic N) is 1. The highest BCUT2D eigenvalue weighted by molar-refractivity contribution is 7.89. The minimum Gasteiger partial charge on any atom is -0.270 e. The molecule has 27 heavy (non-hydrogen) atoms. The number of rotatable bonds is 6. The number of hydrogen-bond acceptors (Lipinski definition) is 3. The standard InChI is InChI=1S/C19H24Cl3NO3S/c1-13(2)6-5-11-18(4,20)16-12-23(17(24)19(16,21)22)27(25,26)15-9-7-14(3)8-10-15/h6-10,16H,5,11-12H2,1-4H3/t16-,18-/m0/s1. The van der Waals surface area contributed by atoms with Crippen LogP contribution in [-0.2, 0) is 14.8 Å². The van der Waals surface area contributed by atoms with Gasteiger partial charge in [-0.25, -0.2) is 12.7 Å². The summed E-state index contributed by atoms with van der Waals surface area (Å²) in [5.41, 5.74) is 2.06. The van der Waals surface area contributed by atoms with Crippen LogP contribution in [0, 0.1) is 12.8 Å². The van der Waals surface area contributed by atoms with Gasteiger partial charge in [-0.1, -0.05) is 52.5 Å². The molecule has 1 amide bonds. The largest absolute Gasteiger partial charge is 0.273 e. The first-order chi connectivity index (χ1) is 12.3. The van der Waals surface area contributed by atoms with Crippen molar-refractivity contribution < 1.29 is 13.2 Å². The number of hydrogen-bond donors (Lipinski definition) is 0. The average Bonchev–Trinajstić information content (AvgIpc) is 2.78. The molecule has 0 N–H and O–H groups in total. The lowest BCUT2D eigenvalue weighted by atomic mass is 9.87. The van der Waals surface area contributed by atoms with Crippen LogP contribution in [0.2, 0.25) is 0 Å². The Morgan fingerprint density at radius 1 is 1.30 bits per heavy atom. The zero-order valence-corrected chi connectivity index (χ0v) is 18.9. The van der Waals surface area contributed by atoms with Crippen molar-refractivity contribution in [1.29, 1.82) is 0 Å². The van der Waals surface area contributed by atoms with Crippen LogP contribution in [0.1, 0.15) is 39.2 Å². The Morgan fingerprint density at radius 2 is 1.85 bits per heavy atom. The highest BCUT2D eigenvalue weighted by atomic mass is 35.5. The molecule has 1 aromatic rings. The summed E-state index contributed by atoms with van der Waals surface area (Å²) in [6, 6.07) is 6.27. The quantitative estimate of drug-likeness (QED) is 0.448. The molecule has 0 aliphatic carbocycles. The lowest BCUT2D eigenvalue weighted by molar-refractivity contribution is -0.124. The topological polar surface area (TPSA) is 54.5 Å². The molecule has 4 nitrogen and oxygen atoms in total. The second kappa shape index (κ2) is 7.94. The van der Waals surface area contributed by atoms with Crippen molar-refractivity contribution in [2.24, 2.45) is 5.92 Å². The molecular weight excluding hydrogens is 429 g/mol. The molecule has 0 saturated carbocycles. The molecule has 0 spiro atoms. The van der Waals surface area contributed by atoms with E-state index in [1.165, 1.54) is 12.1 Å². The first-order valence-corrected chi connectivity index (χ1v) is 11.2. The second-order valence-corrected chi connectivity index (χ2v) is 11.5. The normalized spacial score (nSPS) is 21.8. The predicted molar refractivity (Wildman–Crippen MR) is 111 cm³/mol. The number of sulfonamides is 1. The Bertz CT molecular complexity index is 841. The van der Waals surface area contributed by atoms with Crippen molar-refractivity contribution in [2.75, 3.05) is 6.54 Å². The first-order valence-electron chi connectivity index (χ1n) is 8.64. The molecule has 1 heterocycles. The third kappa shape index (κ3) is 4.64. The molecule has 150 valence electrons. The van der Waals surface area contributed by atoms with Crippen LogP contribution in [0.5, 0.6) is 0 Å². The second-order valence-electron chi connectivity index (χ2n) is 7.43. The smallest absolute Gasteiger partial charge is 0.270 e. The Kier molecular flexibility index (Phi) is 6.63. The zero-order chi connectivity index (χ0) is 20.6. The number of benzene rings is 1. The van der Waals surface area contributed by atoms with Gasteiger partial charge in [0.05, 0.1) is 9.77 Å². The van der Waals surface area contributed by atoms with E-state index in [4.69, 9.17) is 34.8 Å². The van der Waals surface area contributed by atoms with E-state index in [-0.39, 0.29) is 11.4 Å². The van der Waals surface area contributed by atoms with Crippen molar-refractivity contribution in [3.8, 4) is 0 Å². The van der Waals surface area contributed by atoms with Gasteiger partial charge in [0.25, 0.3) is 15.9 Å². The lowest BCUT2D eigenvalue weighted by Gasteiger charge is -2.32. The van der Waals surface area contributed by atoms with Crippen LogP contribution in [0.25, 0.3) is 0 Å². The van der Waals surface area contributed by atoms with Gasteiger partial charge in [0.1, 0.15) is 0 Å². The third-order valence-corrected chi connectivity index (χ3v) is 7.88. The molecule has 0 radical (unpaired) electrons. The summed E-state index contributed by atoms with van der Waals surface area (Å²) in [6.07, 6.45) is 3.22. The minimum absolute atomic E-state index is 0.0204. The molecule has 0 unspecified atom stereocenters. The maximum atomic E-state index is 13.0. The number of aryl methyl sites for hydroxylation is 1. The summed E-state index contributed by atoms with van der Waals surface area (Å²) in [6.45, 7) is 7.40. The van der Waals surface area contributed by atoms with E-state index in [2.05, 4.69) is 0 Å². The van der Waals surface area contributed by atoms with Crippen LogP contribution >= 0.6 is 34.8 Å². The molecule has 1 fully saturated rings. The Balaban J connectivity index is 2.33. The molecule has 8 heteroatoms. The number of halogens is 3. The van der Waals surface area contributed by atoms with E-state index in [1.807, 2.05) is 26.8 Å². The fourth-order valence-electron chi connectivity index (χ4n) is 3.11. The van der Waals surface area contributed by atoms with Gasteiger partial charge < -0.3 is 0 Å². The fraction of sp³-hybridized carbons (Fsp3) is 0.526. The lowest BCUT2D eigenvalue weighted by Crippen LogP contribution is -2.41. The predicted octanol–water partition coefficient (Wildman–Crippen LogP) is 5.06. The molecule has 1 aromatic carbocycles. The molecular formula is C19H24Cl3NO3S. The van der Waals surface area contributed by atoms with E-state index >= 15 is 0 Å². The maximum Gasteiger partial charge on any atom is 0.273 e. The van der Waals surface area contributed by atoms with Gasteiger partial charge in [0, 0.05) is 12.5 Å². The molecule has 0 aromatic heterocycles. The Morgan fingerprint density at radius 3 is 2.37 bits per heavy atom. The van der Waals surface area contributed by atoms with Gasteiger partial charge in [0.2, 0.25) is 4.33 Å². The molecule has 0 bridgehead atoms. The van der Waals surface area contributed by atoms with E-state index < -0.39 is 31.1 Å². The molecule has 1 saturated heterocycles. The van der Waals surface area contributed by atoms with Crippen molar-refractivity contribution in [1.82, 2.24) is 4.31 Å². The van der Waals surface area contributed by atoms with Crippen molar-refractivity contribution in [3.05, 3.63) is 41.5 Å². The van der Waals surface area contributed by atoms with E-state index in [1.54, 1.807) is 19.1 Å².